The van der Waals surface area contributed by atoms with Crippen LogP contribution in [0.5, 0.6) is 17.2 Å². The fourth-order valence-electron chi connectivity index (χ4n) is 2.59. The number of rotatable bonds is 6. The highest BCUT2D eigenvalue weighted by atomic mass is 19.2. The molecule has 0 aliphatic carbocycles. The molecule has 0 unspecified atom stereocenters. The monoisotopic (exact) mass is 486 g/mol. The van der Waals surface area contributed by atoms with Crippen molar-refractivity contribution in [2.24, 2.45) is 0 Å². The quantitative estimate of drug-likeness (QED) is 0.266. The van der Waals surface area contributed by atoms with Crippen LogP contribution in [0.25, 0.3) is 0 Å². The molecule has 0 saturated heterocycles. The predicted molar refractivity (Wildman–Crippen MR) is 89.2 cm³/mol. The molecule has 0 saturated carbocycles. The van der Waals surface area contributed by atoms with Gasteiger partial charge in [-0.3, -0.25) is 0 Å². The number of ether oxygens (including phenoxy) is 2. The van der Waals surface area contributed by atoms with Gasteiger partial charge in [0, 0.05) is 18.2 Å². The highest BCUT2D eigenvalue weighted by Crippen LogP contribution is 2.31. The lowest BCUT2D eigenvalue weighted by Gasteiger charge is -2.13. The molecule has 0 aliphatic rings. The Hall–Kier alpha value is -3.64. The van der Waals surface area contributed by atoms with E-state index in [1.165, 1.54) is 0 Å². The number of hydrogen-bond donors (Lipinski definition) is 1. The highest BCUT2D eigenvalue weighted by molar-refractivity contribution is 5.41. The number of phenols is 1. The van der Waals surface area contributed by atoms with E-state index in [1.807, 2.05) is 0 Å². The molecule has 0 bridgehead atoms. The lowest BCUT2D eigenvalue weighted by atomic mass is 10.1. The number of halogens is 10. The van der Waals surface area contributed by atoms with E-state index in [9.17, 15) is 49.0 Å². The van der Waals surface area contributed by atoms with Crippen LogP contribution in [-0.4, -0.2) is 5.11 Å². The first-order chi connectivity index (χ1) is 15.4. The Labute approximate surface area is 177 Å². The van der Waals surface area contributed by atoms with Crippen molar-refractivity contribution in [1.29, 1.82) is 0 Å². The summed E-state index contributed by atoms with van der Waals surface area (Å²) < 4.78 is 144. The van der Waals surface area contributed by atoms with Crippen molar-refractivity contribution in [2.45, 2.75) is 13.2 Å². The van der Waals surface area contributed by atoms with E-state index >= 15 is 0 Å². The zero-order chi connectivity index (χ0) is 24.6. The van der Waals surface area contributed by atoms with Crippen LogP contribution >= 0.6 is 0 Å². The van der Waals surface area contributed by atoms with E-state index in [1.54, 1.807) is 0 Å². The van der Waals surface area contributed by atoms with E-state index in [4.69, 9.17) is 9.47 Å². The SMILES string of the molecule is Oc1cc(OCc2c(F)c(F)c(F)c(F)c2F)cc(OCc2c(F)c(F)c(F)c(F)c2F)c1. The van der Waals surface area contributed by atoms with Gasteiger partial charge in [-0.2, -0.15) is 0 Å². The summed E-state index contributed by atoms with van der Waals surface area (Å²) in [7, 11) is 0. The lowest BCUT2D eigenvalue weighted by molar-refractivity contribution is 0.265. The molecule has 33 heavy (non-hydrogen) atoms. The molecule has 0 fully saturated rings. The summed E-state index contributed by atoms with van der Waals surface area (Å²) in [6.45, 7) is -2.40. The number of aromatic hydroxyl groups is 1. The molecule has 3 aromatic carbocycles. The average Bonchev–Trinajstić information content (AvgIpc) is 2.78. The van der Waals surface area contributed by atoms with Crippen molar-refractivity contribution in [3.8, 4) is 17.2 Å². The summed E-state index contributed by atoms with van der Waals surface area (Å²) in [6.07, 6.45) is 0. The topological polar surface area (TPSA) is 38.7 Å². The summed E-state index contributed by atoms with van der Waals surface area (Å²) in [5, 5.41) is 9.66. The van der Waals surface area contributed by atoms with Crippen LogP contribution in [0.3, 0.4) is 0 Å². The first kappa shape index (κ1) is 24.0. The van der Waals surface area contributed by atoms with Crippen molar-refractivity contribution in [1.82, 2.24) is 0 Å². The third-order valence-electron chi connectivity index (χ3n) is 4.23. The van der Waals surface area contributed by atoms with Crippen LogP contribution in [0.1, 0.15) is 11.1 Å². The molecule has 13 heteroatoms. The number of benzene rings is 3. The summed E-state index contributed by atoms with van der Waals surface area (Å²) in [5.74, 6) is -23.8. The molecular formula is C20H8F10O3. The second-order valence-electron chi connectivity index (χ2n) is 6.34. The Morgan fingerprint density at radius 1 is 0.455 bits per heavy atom. The van der Waals surface area contributed by atoms with Gasteiger partial charge in [0.05, 0.1) is 11.1 Å². The van der Waals surface area contributed by atoms with E-state index in [0.29, 0.717) is 0 Å². The zero-order valence-electron chi connectivity index (χ0n) is 15.7. The summed E-state index contributed by atoms with van der Waals surface area (Å²) in [4.78, 5) is 0. The molecule has 0 heterocycles. The highest BCUT2D eigenvalue weighted by Gasteiger charge is 2.27. The molecule has 0 spiro atoms. The molecule has 0 radical (unpaired) electrons. The standard InChI is InChI=1S/C20H8F10O3/c21-11-9(12(22)16(26)19(29)15(11)25)4-32-7-1-6(31)2-8(3-7)33-5-10-13(23)17(27)20(30)18(28)14(10)24/h1-3,31H,4-5H2. The molecular weight excluding hydrogens is 478 g/mol. The third-order valence-corrected chi connectivity index (χ3v) is 4.23. The van der Waals surface area contributed by atoms with Crippen LogP contribution in [-0.2, 0) is 13.2 Å². The lowest BCUT2D eigenvalue weighted by Crippen LogP contribution is -2.10. The molecule has 0 aliphatic heterocycles. The molecule has 176 valence electrons. The van der Waals surface area contributed by atoms with Gasteiger partial charge in [0.2, 0.25) is 11.6 Å². The van der Waals surface area contributed by atoms with E-state index in [0.717, 1.165) is 18.2 Å². The second-order valence-corrected chi connectivity index (χ2v) is 6.34. The van der Waals surface area contributed by atoms with Gasteiger partial charge in [-0.15, -0.1) is 0 Å². The van der Waals surface area contributed by atoms with Crippen molar-refractivity contribution in [2.75, 3.05) is 0 Å². The minimum Gasteiger partial charge on any atom is -0.508 e. The summed E-state index contributed by atoms with van der Waals surface area (Å²) in [5.41, 5.74) is -2.67. The summed E-state index contributed by atoms with van der Waals surface area (Å²) >= 11 is 0. The minimum atomic E-state index is -2.38. The molecule has 0 amide bonds. The van der Waals surface area contributed by atoms with E-state index in [-0.39, 0.29) is 0 Å². The van der Waals surface area contributed by atoms with Gasteiger partial charge < -0.3 is 14.6 Å². The normalized spacial score (nSPS) is 11.1. The average molecular weight is 486 g/mol. The fraction of sp³-hybridized carbons (Fsp3) is 0.100. The molecule has 3 aromatic rings. The number of phenolic OH excluding ortho intramolecular Hbond substituents is 1. The second kappa shape index (κ2) is 9.08. The largest absolute Gasteiger partial charge is 0.508 e. The van der Waals surface area contributed by atoms with Crippen LogP contribution < -0.4 is 9.47 Å². The molecule has 0 aromatic heterocycles. The molecule has 3 nitrogen and oxygen atoms in total. The first-order valence-corrected chi connectivity index (χ1v) is 8.54. The van der Waals surface area contributed by atoms with Gasteiger partial charge in [0.25, 0.3) is 0 Å². The van der Waals surface area contributed by atoms with Crippen molar-refractivity contribution in [3.05, 3.63) is 87.5 Å². The predicted octanol–water partition coefficient (Wildman–Crippen LogP) is 5.94. The smallest absolute Gasteiger partial charge is 0.200 e. The molecule has 1 N–H and O–H groups in total. The van der Waals surface area contributed by atoms with Crippen LogP contribution in [0.2, 0.25) is 0 Å². The van der Waals surface area contributed by atoms with Gasteiger partial charge >= 0.3 is 0 Å². The Morgan fingerprint density at radius 3 is 1.03 bits per heavy atom. The maximum atomic E-state index is 13.7. The van der Waals surface area contributed by atoms with Gasteiger partial charge in [-0.25, -0.2) is 43.9 Å². The van der Waals surface area contributed by atoms with Gasteiger partial charge in [-0.05, 0) is 0 Å². The molecule has 3 rings (SSSR count). The van der Waals surface area contributed by atoms with Crippen LogP contribution in [0.15, 0.2) is 18.2 Å². The van der Waals surface area contributed by atoms with Gasteiger partial charge in [0.1, 0.15) is 30.5 Å². The minimum absolute atomic E-state index is 0.466. The number of hydrogen-bond acceptors (Lipinski definition) is 3. The zero-order valence-corrected chi connectivity index (χ0v) is 15.7. The van der Waals surface area contributed by atoms with Crippen LogP contribution in [0.4, 0.5) is 43.9 Å². The summed E-state index contributed by atoms with van der Waals surface area (Å²) in [6, 6.07) is 2.48. The Morgan fingerprint density at radius 2 is 0.727 bits per heavy atom. The van der Waals surface area contributed by atoms with Crippen molar-refractivity contribution < 1.29 is 58.5 Å². The maximum absolute atomic E-state index is 13.7. The van der Waals surface area contributed by atoms with Gasteiger partial charge in [-0.1, -0.05) is 0 Å². The fourth-order valence-corrected chi connectivity index (χ4v) is 2.59. The third kappa shape index (κ3) is 4.47. The van der Waals surface area contributed by atoms with Crippen molar-refractivity contribution in [3.63, 3.8) is 0 Å². The maximum Gasteiger partial charge on any atom is 0.200 e. The Bertz CT molecular complexity index is 1100. The van der Waals surface area contributed by atoms with Crippen molar-refractivity contribution >= 4 is 0 Å². The van der Waals surface area contributed by atoms with Gasteiger partial charge in [0.15, 0.2) is 46.5 Å². The Kier molecular flexibility index (Phi) is 6.60. The van der Waals surface area contributed by atoms with Crippen LogP contribution in [0, 0.1) is 58.2 Å². The van der Waals surface area contributed by atoms with E-state index < -0.39 is 99.8 Å². The van der Waals surface area contributed by atoms with E-state index in [2.05, 4.69) is 0 Å². The Balaban J connectivity index is 1.82. The molecule has 0 atom stereocenters. The first-order valence-electron chi connectivity index (χ1n) is 8.54.